The first-order valence-electron chi connectivity index (χ1n) is 7.87. The maximum atomic E-state index is 12.2. The van der Waals surface area contributed by atoms with Crippen molar-refractivity contribution in [1.29, 1.82) is 0 Å². The molecule has 6 heteroatoms. The molecule has 0 spiro atoms. The minimum absolute atomic E-state index is 0.164. The molecule has 2 N–H and O–H groups in total. The lowest BCUT2D eigenvalue weighted by Gasteiger charge is -2.28. The summed E-state index contributed by atoms with van der Waals surface area (Å²) in [5.41, 5.74) is -0.749. The van der Waals surface area contributed by atoms with Gasteiger partial charge in [-0.2, -0.15) is 0 Å². The van der Waals surface area contributed by atoms with Crippen molar-refractivity contribution < 1.29 is 14.7 Å². The fourth-order valence-electron chi connectivity index (χ4n) is 3.51. The lowest BCUT2D eigenvalue weighted by Crippen LogP contribution is -2.48. The third kappa shape index (κ3) is 3.67. The van der Waals surface area contributed by atoms with E-state index in [1.165, 1.54) is 6.42 Å². The van der Waals surface area contributed by atoms with Crippen molar-refractivity contribution >= 4 is 12.0 Å². The SMILES string of the molecule is CN(CC1CCCN1C)C(=O)NCC1(C(=O)O)CCCC1. The number of carboxylic acids is 1. The molecule has 0 aromatic carbocycles. The molecule has 2 aliphatic rings. The number of hydrogen-bond acceptors (Lipinski definition) is 3. The standard InChI is InChI=1S/C15H27N3O3/c1-17-9-5-6-12(17)10-18(2)14(21)16-11-15(13(19)20)7-3-4-8-15/h12H,3-11H2,1-2H3,(H,16,21)(H,19,20). The summed E-state index contributed by atoms with van der Waals surface area (Å²) in [6.45, 7) is 2.02. The molecular formula is C15H27N3O3. The van der Waals surface area contributed by atoms with Crippen molar-refractivity contribution in [2.45, 2.75) is 44.6 Å². The number of amides is 2. The summed E-state index contributed by atoms with van der Waals surface area (Å²) in [5.74, 6) is -0.779. The number of urea groups is 1. The molecule has 6 nitrogen and oxygen atoms in total. The van der Waals surface area contributed by atoms with Crippen LogP contribution in [0.4, 0.5) is 4.79 Å². The molecule has 0 radical (unpaired) electrons. The summed E-state index contributed by atoms with van der Waals surface area (Å²) in [4.78, 5) is 27.6. The maximum Gasteiger partial charge on any atom is 0.317 e. The predicted molar refractivity (Wildman–Crippen MR) is 80.2 cm³/mol. The second-order valence-corrected chi connectivity index (χ2v) is 6.61. The first kappa shape index (κ1) is 16.1. The number of carbonyl (C=O) groups excluding carboxylic acids is 1. The van der Waals surface area contributed by atoms with Gasteiger partial charge in [-0.15, -0.1) is 0 Å². The highest BCUT2D eigenvalue weighted by Gasteiger charge is 2.41. The van der Waals surface area contributed by atoms with Gasteiger partial charge in [-0.1, -0.05) is 12.8 Å². The van der Waals surface area contributed by atoms with Crippen LogP contribution in [0.2, 0.25) is 0 Å². The van der Waals surface area contributed by atoms with Gasteiger partial charge in [0, 0.05) is 26.2 Å². The minimum Gasteiger partial charge on any atom is -0.481 e. The highest BCUT2D eigenvalue weighted by molar-refractivity contribution is 5.78. The lowest BCUT2D eigenvalue weighted by molar-refractivity contribution is -0.148. The number of hydrogen-bond donors (Lipinski definition) is 2. The molecule has 1 aliphatic heterocycles. The molecule has 0 aromatic rings. The third-order valence-electron chi connectivity index (χ3n) is 5.10. The van der Waals surface area contributed by atoms with E-state index in [1.807, 2.05) is 0 Å². The number of rotatable bonds is 5. The largest absolute Gasteiger partial charge is 0.481 e. The van der Waals surface area contributed by atoms with Gasteiger partial charge in [-0.05, 0) is 39.3 Å². The fourth-order valence-corrected chi connectivity index (χ4v) is 3.51. The van der Waals surface area contributed by atoms with Gasteiger partial charge in [0.25, 0.3) is 0 Å². The number of nitrogens with zero attached hydrogens (tertiary/aromatic N) is 2. The van der Waals surface area contributed by atoms with Crippen LogP contribution in [-0.4, -0.2) is 66.7 Å². The average Bonchev–Trinajstić information content (AvgIpc) is 3.07. The number of aliphatic carboxylic acids is 1. The Morgan fingerprint density at radius 2 is 2.00 bits per heavy atom. The van der Waals surface area contributed by atoms with Gasteiger partial charge in [0.2, 0.25) is 0 Å². The van der Waals surface area contributed by atoms with Crippen LogP contribution in [0.15, 0.2) is 0 Å². The monoisotopic (exact) mass is 297 g/mol. The van der Waals surface area contributed by atoms with E-state index < -0.39 is 11.4 Å². The zero-order valence-corrected chi connectivity index (χ0v) is 13.1. The summed E-state index contributed by atoms with van der Waals surface area (Å²) in [6, 6.07) is 0.253. The van der Waals surface area contributed by atoms with Crippen LogP contribution in [0.3, 0.4) is 0 Å². The minimum atomic E-state index is -0.779. The molecular weight excluding hydrogens is 270 g/mol. The zero-order valence-electron chi connectivity index (χ0n) is 13.1. The summed E-state index contributed by atoms with van der Waals surface area (Å²) in [6.07, 6.45) is 5.50. The summed E-state index contributed by atoms with van der Waals surface area (Å²) in [7, 11) is 3.87. The molecule has 2 fully saturated rings. The molecule has 0 bridgehead atoms. The van der Waals surface area contributed by atoms with Gasteiger partial charge in [0.1, 0.15) is 0 Å². The number of likely N-dealkylation sites (N-methyl/N-ethyl adjacent to an activating group) is 2. The number of carboxylic acid groups (broad SMARTS) is 1. The Labute approximate surface area is 126 Å². The molecule has 120 valence electrons. The van der Waals surface area contributed by atoms with Crippen LogP contribution in [0, 0.1) is 5.41 Å². The van der Waals surface area contributed by atoms with E-state index in [4.69, 9.17) is 0 Å². The van der Waals surface area contributed by atoms with E-state index in [2.05, 4.69) is 17.3 Å². The second-order valence-electron chi connectivity index (χ2n) is 6.61. The molecule has 1 heterocycles. The van der Waals surface area contributed by atoms with E-state index in [0.29, 0.717) is 25.4 Å². The van der Waals surface area contributed by atoms with E-state index in [-0.39, 0.29) is 12.6 Å². The predicted octanol–water partition coefficient (Wildman–Crippen LogP) is 1.37. The first-order chi connectivity index (χ1) is 9.94. The van der Waals surface area contributed by atoms with Crippen molar-refractivity contribution in [1.82, 2.24) is 15.1 Å². The zero-order chi connectivity index (χ0) is 15.5. The van der Waals surface area contributed by atoms with Crippen LogP contribution in [0.25, 0.3) is 0 Å². The Kier molecular flexibility index (Phi) is 5.08. The Morgan fingerprint density at radius 3 is 2.52 bits per heavy atom. The van der Waals surface area contributed by atoms with E-state index in [1.54, 1.807) is 11.9 Å². The Bertz CT molecular complexity index is 394. The van der Waals surface area contributed by atoms with Gasteiger partial charge in [-0.25, -0.2) is 4.79 Å². The second kappa shape index (κ2) is 6.64. The van der Waals surface area contributed by atoms with Crippen molar-refractivity contribution in [2.75, 3.05) is 33.7 Å². The molecule has 1 saturated heterocycles. The third-order valence-corrected chi connectivity index (χ3v) is 5.10. The molecule has 21 heavy (non-hydrogen) atoms. The molecule has 2 amide bonds. The highest BCUT2D eigenvalue weighted by atomic mass is 16.4. The Morgan fingerprint density at radius 1 is 1.33 bits per heavy atom. The van der Waals surface area contributed by atoms with Crippen molar-refractivity contribution in [3.8, 4) is 0 Å². The molecule has 1 atom stereocenters. The van der Waals surface area contributed by atoms with Crippen LogP contribution in [-0.2, 0) is 4.79 Å². The molecule has 2 rings (SSSR count). The van der Waals surface area contributed by atoms with Gasteiger partial charge in [0.15, 0.2) is 0 Å². The average molecular weight is 297 g/mol. The van der Waals surface area contributed by atoms with Gasteiger partial charge >= 0.3 is 12.0 Å². The Balaban J connectivity index is 1.81. The van der Waals surface area contributed by atoms with Crippen LogP contribution >= 0.6 is 0 Å². The molecule has 0 aromatic heterocycles. The topological polar surface area (TPSA) is 72.9 Å². The van der Waals surface area contributed by atoms with Crippen molar-refractivity contribution in [3.05, 3.63) is 0 Å². The quantitative estimate of drug-likeness (QED) is 0.804. The van der Waals surface area contributed by atoms with E-state index in [0.717, 1.165) is 25.8 Å². The van der Waals surface area contributed by atoms with Gasteiger partial charge in [0.05, 0.1) is 5.41 Å². The molecule has 1 unspecified atom stereocenters. The number of likely N-dealkylation sites (tertiary alicyclic amines) is 1. The van der Waals surface area contributed by atoms with E-state index >= 15 is 0 Å². The summed E-state index contributed by atoms with van der Waals surface area (Å²) >= 11 is 0. The number of carbonyl (C=O) groups is 2. The summed E-state index contributed by atoms with van der Waals surface area (Å²) < 4.78 is 0. The molecule has 1 aliphatic carbocycles. The van der Waals surface area contributed by atoms with Crippen LogP contribution in [0.1, 0.15) is 38.5 Å². The van der Waals surface area contributed by atoms with Gasteiger partial charge < -0.3 is 20.2 Å². The van der Waals surface area contributed by atoms with Crippen LogP contribution in [0.5, 0.6) is 0 Å². The Hall–Kier alpha value is -1.30. The number of nitrogens with one attached hydrogen (secondary N) is 1. The van der Waals surface area contributed by atoms with E-state index in [9.17, 15) is 14.7 Å². The highest BCUT2D eigenvalue weighted by Crippen LogP contribution is 2.37. The van der Waals surface area contributed by atoms with Crippen LogP contribution < -0.4 is 5.32 Å². The van der Waals surface area contributed by atoms with Gasteiger partial charge in [-0.3, -0.25) is 4.79 Å². The normalized spacial score (nSPS) is 25.0. The maximum absolute atomic E-state index is 12.2. The van der Waals surface area contributed by atoms with Crippen molar-refractivity contribution in [3.63, 3.8) is 0 Å². The fraction of sp³-hybridized carbons (Fsp3) is 0.867. The molecule has 1 saturated carbocycles. The lowest BCUT2D eigenvalue weighted by atomic mass is 9.86. The first-order valence-corrected chi connectivity index (χ1v) is 7.87. The summed E-state index contributed by atoms with van der Waals surface area (Å²) in [5, 5.41) is 12.2. The van der Waals surface area contributed by atoms with Crippen molar-refractivity contribution in [2.24, 2.45) is 5.41 Å². The smallest absolute Gasteiger partial charge is 0.317 e.